The molecule has 1 aromatic carbocycles. The number of rotatable bonds is 5. The van der Waals surface area contributed by atoms with Gasteiger partial charge in [-0.2, -0.15) is 0 Å². The van der Waals surface area contributed by atoms with Gasteiger partial charge in [0.05, 0.1) is 42.3 Å². The lowest BCUT2D eigenvalue weighted by molar-refractivity contribution is -0.127. The number of ether oxygens (including phenoxy) is 2. The Morgan fingerprint density at radius 1 is 1.38 bits per heavy atom. The van der Waals surface area contributed by atoms with Crippen LogP contribution in [0.25, 0.3) is 0 Å². The monoisotopic (exact) mass is 332 g/mol. The molecular weight excluding hydrogens is 319 g/mol. The molecular formula is C13H14Cl2N2O4. The zero-order valence-electron chi connectivity index (χ0n) is 11.2. The Morgan fingerprint density at radius 2 is 2.00 bits per heavy atom. The Balaban J connectivity index is 2.28. The highest BCUT2D eigenvalue weighted by atomic mass is 35.5. The number of carbonyl (C=O) groups excluding carboxylic acids is 2. The minimum absolute atomic E-state index is 0.0146. The van der Waals surface area contributed by atoms with Gasteiger partial charge in [-0.05, 0) is 12.1 Å². The summed E-state index contributed by atoms with van der Waals surface area (Å²) < 4.78 is 10.2. The van der Waals surface area contributed by atoms with Gasteiger partial charge in [-0.3, -0.25) is 9.59 Å². The van der Waals surface area contributed by atoms with E-state index in [-0.39, 0.29) is 41.0 Å². The topological polar surface area (TPSA) is 90.6 Å². The van der Waals surface area contributed by atoms with Gasteiger partial charge in [0.15, 0.2) is 5.75 Å². The molecule has 0 unspecified atom stereocenters. The zero-order valence-corrected chi connectivity index (χ0v) is 12.8. The van der Waals surface area contributed by atoms with Gasteiger partial charge in [-0.1, -0.05) is 23.2 Å². The molecule has 1 aromatic rings. The van der Waals surface area contributed by atoms with Crippen molar-refractivity contribution >= 4 is 35.0 Å². The average Bonchev–Trinajstić information content (AvgIpc) is 2.37. The zero-order chi connectivity index (χ0) is 15.6. The number of benzene rings is 1. The van der Waals surface area contributed by atoms with Crippen molar-refractivity contribution in [2.24, 2.45) is 5.73 Å². The predicted molar refractivity (Wildman–Crippen MR) is 77.8 cm³/mol. The molecule has 3 N–H and O–H groups in total. The highest BCUT2D eigenvalue weighted by Crippen LogP contribution is 2.34. The third-order valence-electron chi connectivity index (χ3n) is 3.14. The molecule has 0 atom stereocenters. The van der Waals surface area contributed by atoms with E-state index in [1.165, 1.54) is 19.2 Å². The maximum atomic E-state index is 12.4. The van der Waals surface area contributed by atoms with Crippen molar-refractivity contribution in [2.45, 2.75) is 12.0 Å². The lowest BCUT2D eigenvalue weighted by Crippen LogP contribution is -2.63. The first kappa shape index (κ1) is 15.9. The van der Waals surface area contributed by atoms with Gasteiger partial charge in [-0.15, -0.1) is 0 Å². The van der Waals surface area contributed by atoms with Gasteiger partial charge >= 0.3 is 0 Å². The lowest BCUT2D eigenvalue weighted by atomic mass is 9.92. The van der Waals surface area contributed by atoms with E-state index in [9.17, 15) is 9.59 Å². The quantitative estimate of drug-likeness (QED) is 0.852. The molecule has 0 aliphatic carbocycles. The molecule has 0 saturated carbocycles. The smallest absolute Gasteiger partial charge is 0.257 e. The maximum absolute atomic E-state index is 12.4. The van der Waals surface area contributed by atoms with Crippen molar-refractivity contribution < 1.29 is 19.1 Å². The van der Waals surface area contributed by atoms with E-state index in [1.807, 2.05) is 0 Å². The Hall–Kier alpha value is -1.50. The first-order chi connectivity index (χ1) is 9.88. The molecule has 0 bridgehead atoms. The molecule has 1 heterocycles. The van der Waals surface area contributed by atoms with Gasteiger partial charge in [-0.25, -0.2) is 0 Å². The van der Waals surface area contributed by atoms with Crippen molar-refractivity contribution in [1.82, 2.24) is 5.32 Å². The molecule has 0 spiro atoms. The van der Waals surface area contributed by atoms with Crippen LogP contribution < -0.4 is 15.8 Å². The summed E-state index contributed by atoms with van der Waals surface area (Å²) in [4.78, 5) is 23.6. The van der Waals surface area contributed by atoms with Crippen molar-refractivity contribution in [1.29, 1.82) is 0 Å². The fraction of sp³-hybridized carbons (Fsp3) is 0.385. The number of halogens is 2. The minimum Gasteiger partial charge on any atom is -0.494 e. The summed E-state index contributed by atoms with van der Waals surface area (Å²) in [7, 11) is 1.39. The first-order valence-corrected chi connectivity index (χ1v) is 6.85. The molecule has 1 saturated heterocycles. The van der Waals surface area contributed by atoms with E-state index in [2.05, 4.69) is 5.32 Å². The van der Waals surface area contributed by atoms with Crippen LogP contribution in [0, 0.1) is 0 Å². The Bertz CT molecular complexity index is 588. The van der Waals surface area contributed by atoms with Crippen LogP contribution in [0.3, 0.4) is 0 Å². The second-order valence-corrected chi connectivity index (χ2v) is 5.62. The van der Waals surface area contributed by atoms with Gasteiger partial charge < -0.3 is 20.5 Å². The molecule has 0 aromatic heterocycles. The molecule has 2 amide bonds. The molecule has 8 heteroatoms. The molecule has 21 heavy (non-hydrogen) atoms. The number of methoxy groups -OCH3 is 1. The van der Waals surface area contributed by atoms with Crippen molar-refractivity contribution in [3.8, 4) is 5.75 Å². The van der Waals surface area contributed by atoms with E-state index in [0.717, 1.165) is 0 Å². The number of carbonyl (C=O) groups is 2. The largest absolute Gasteiger partial charge is 0.494 e. The molecule has 1 fully saturated rings. The number of nitrogens with one attached hydrogen (secondary N) is 1. The highest BCUT2D eigenvalue weighted by Gasteiger charge is 2.42. The van der Waals surface area contributed by atoms with Gasteiger partial charge in [0.1, 0.15) is 5.56 Å². The van der Waals surface area contributed by atoms with Gasteiger partial charge in [0, 0.05) is 0 Å². The number of amides is 2. The van der Waals surface area contributed by atoms with E-state index >= 15 is 0 Å². The molecule has 6 nitrogen and oxygen atoms in total. The van der Waals surface area contributed by atoms with Gasteiger partial charge in [0.25, 0.3) is 5.91 Å². The molecule has 1 aliphatic rings. The number of hydrogen-bond donors (Lipinski definition) is 2. The Kier molecular flexibility index (Phi) is 4.61. The van der Waals surface area contributed by atoms with E-state index < -0.39 is 17.4 Å². The summed E-state index contributed by atoms with van der Waals surface area (Å²) in [6, 6.07) is 3.03. The Labute approximate surface area is 131 Å². The van der Waals surface area contributed by atoms with Crippen LogP contribution in [-0.4, -0.2) is 37.7 Å². The predicted octanol–water partition coefficient (Wildman–Crippen LogP) is 1.38. The first-order valence-electron chi connectivity index (χ1n) is 6.09. The molecule has 114 valence electrons. The second-order valence-electron chi connectivity index (χ2n) is 4.81. The molecule has 0 radical (unpaired) electrons. The van der Waals surface area contributed by atoms with Crippen molar-refractivity contribution in [3.05, 3.63) is 27.7 Å². The Morgan fingerprint density at radius 3 is 2.48 bits per heavy atom. The number of primary amides is 1. The van der Waals surface area contributed by atoms with Crippen molar-refractivity contribution in [3.63, 3.8) is 0 Å². The fourth-order valence-corrected chi connectivity index (χ4v) is 2.62. The number of hydrogen-bond acceptors (Lipinski definition) is 4. The molecule has 2 rings (SSSR count). The van der Waals surface area contributed by atoms with Crippen LogP contribution in [0.2, 0.25) is 10.0 Å². The highest BCUT2D eigenvalue weighted by molar-refractivity contribution is 6.37. The summed E-state index contributed by atoms with van der Waals surface area (Å²) in [6.07, 6.45) is -0.0146. The van der Waals surface area contributed by atoms with Crippen molar-refractivity contribution in [2.75, 3.05) is 20.3 Å². The summed E-state index contributed by atoms with van der Waals surface area (Å²) in [5.74, 6) is -0.845. The third-order valence-corrected chi connectivity index (χ3v) is 3.75. The van der Waals surface area contributed by atoms with Gasteiger partial charge in [0.2, 0.25) is 5.91 Å². The van der Waals surface area contributed by atoms with Crippen LogP contribution in [0.4, 0.5) is 0 Å². The van der Waals surface area contributed by atoms with E-state index in [4.69, 9.17) is 38.4 Å². The van der Waals surface area contributed by atoms with Crippen LogP contribution in [0.15, 0.2) is 12.1 Å². The van der Waals surface area contributed by atoms with E-state index in [0.29, 0.717) is 0 Å². The lowest BCUT2D eigenvalue weighted by Gasteiger charge is -2.41. The summed E-state index contributed by atoms with van der Waals surface area (Å²) in [5.41, 5.74) is 4.50. The van der Waals surface area contributed by atoms with E-state index in [1.54, 1.807) is 0 Å². The standard InChI is InChI=1S/C13H14Cl2N2O4/c1-20-11-8(15)3-2-7(14)10(11)12(19)17-13(4-9(16)18)5-21-6-13/h2-3H,4-6H2,1H3,(H2,16,18)(H,17,19). The SMILES string of the molecule is COc1c(Cl)ccc(Cl)c1C(=O)NC1(CC(N)=O)COC1. The third kappa shape index (κ3) is 3.23. The second kappa shape index (κ2) is 6.09. The van der Waals surface area contributed by atoms with Crippen LogP contribution in [-0.2, 0) is 9.53 Å². The summed E-state index contributed by atoms with van der Waals surface area (Å²) >= 11 is 12.0. The normalized spacial score (nSPS) is 16.0. The van der Waals surface area contributed by atoms with Crippen LogP contribution in [0.1, 0.15) is 16.8 Å². The minimum atomic E-state index is -0.806. The maximum Gasteiger partial charge on any atom is 0.257 e. The molecule has 1 aliphatic heterocycles. The average molecular weight is 333 g/mol. The summed E-state index contributed by atoms with van der Waals surface area (Å²) in [5, 5.41) is 3.19. The number of nitrogens with two attached hydrogens (primary N) is 1. The van der Waals surface area contributed by atoms with Crippen LogP contribution >= 0.6 is 23.2 Å². The fourth-order valence-electron chi connectivity index (χ4n) is 2.15. The summed E-state index contributed by atoms with van der Waals surface area (Å²) in [6.45, 7) is 0.421. The van der Waals surface area contributed by atoms with Crippen LogP contribution in [0.5, 0.6) is 5.75 Å².